The van der Waals surface area contributed by atoms with Gasteiger partial charge in [0, 0.05) is 5.92 Å². The van der Waals surface area contributed by atoms with Gasteiger partial charge in [0.05, 0.1) is 3.57 Å². The Morgan fingerprint density at radius 1 is 1.43 bits per heavy atom. The van der Waals surface area contributed by atoms with E-state index in [1.807, 2.05) is 12.1 Å². The molecule has 2 aromatic heterocycles. The van der Waals surface area contributed by atoms with Gasteiger partial charge >= 0.3 is 0 Å². The van der Waals surface area contributed by atoms with Crippen molar-refractivity contribution in [2.45, 2.75) is 18.8 Å². The van der Waals surface area contributed by atoms with Crippen LogP contribution in [0.4, 0.5) is 0 Å². The van der Waals surface area contributed by atoms with Crippen LogP contribution >= 0.6 is 34.2 Å². The van der Waals surface area contributed by atoms with E-state index in [0.29, 0.717) is 11.1 Å². The van der Waals surface area contributed by atoms with Crippen molar-refractivity contribution < 1.29 is 0 Å². The van der Waals surface area contributed by atoms with Gasteiger partial charge in [-0.2, -0.15) is 0 Å². The van der Waals surface area contributed by atoms with Crippen LogP contribution in [-0.2, 0) is 0 Å². The minimum Gasteiger partial charge on any atom is -0.212 e. The summed E-state index contributed by atoms with van der Waals surface area (Å²) in [7, 11) is 0. The quantitative estimate of drug-likeness (QED) is 0.598. The van der Waals surface area contributed by atoms with Crippen molar-refractivity contribution in [3.63, 3.8) is 0 Å². The topological polar surface area (TPSA) is 30.2 Å². The molecule has 0 aliphatic heterocycles. The molecule has 2 heterocycles. The minimum absolute atomic E-state index is 0.573. The Hall–Kier alpha value is -0.360. The summed E-state index contributed by atoms with van der Waals surface area (Å²) in [5, 5.41) is 5.06. The van der Waals surface area contributed by atoms with Gasteiger partial charge in [0.15, 0.2) is 11.5 Å². The van der Waals surface area contributed by atoms with Crippen LogP contribution in [0.25, 0.3) is 5.65 Å². The van der Waals surface area contributed by atoms with Crippen molar-refractivity contribution in [3.8, 4) is 0 Å². The zero-order chi connectivity index (χ0) is 9.71. The highest BCUT2D eigenvalue weighted by atomic mass is 127. The van der Waals surface area contributed by atoms with E-state index in [1.54, 1.807) is 4.52 Å². The largest absolute Gasteiger partial charge is 0.212 e. The van der Waals surface area contributed by atoms with E-state index in [1.165, 1.54) is 12.8 Å². The van der Waals surface area contributed by atoms with Crippen molar-refractivity contribution in [3.05, 3.63) is 26.7 Å². The lowest BCUT2D eigenvalue weighted by Gasteiger charge is -1.96. The predicted molar refractivity (Wildman–Crippen MR) is 62.7 cm³/mol. The molecule has 0 radical (unpaired) electrons. The van der Waals surface area contributed by atoms with Crippen LogP contribution in [0.15, 0.2) is 12.1 Å². The van der Waals surface area contributed by atoms with E-state index in [9.17, 15) is 0 Å². The molecule has 3 rings (SSSR count). The predicted octanol–water partition coefficient (Wildman–Crippen LogP) is 2.86. The lowest BCUT2D eigenvalue weighted by Crippen LogP contribution is -1.92. The SMILES string of the molecule is Clc1c(I)ccc2nc(C3CC3)nn12. The van der Waals surface area contributed by atoms with Crippen molar-refractivity contribution in [1.82, 2.24) is 14.6 Å². The van der Waals surface area contributed by atoms with Crippen LogP contribution in [0.5, 0.6) is 0 Å². The average Bonchev–Trinajstić information content (AvgIpc) is 2.93. The highest BCUT2D eigenvalue weighted by Gasteiger charge is 2.28. The normalized spacial score (nSPS) is 16.4. The summed E-state index contributed by atoms with van der Waals surface area (Å²) in [5.41, 5.74) is 0.845. The highest BCUT2D eigenvalue weighted by Crippen LogP contribution is 2.38. The molecule has 14 heavy (non-hydrogen) atoms. The first kappa shape index (κ1) is 8.91. The maximum absolute atomic E-state index is 6.12. The van der Waals surface area contributed by atoms with Gasteiger partial charge in [-0.3, -0.25) is 0 Å². The third-order valence-electron chi connectivity index (χ3n) is 2.35. The third kappa shape index (κ3) is 1.32. The van der Waals surface area contributed by atoms with E-state index in [4.69, 9.17) is 11.6 Å². The second-order valence-electron chi connectivity index (χ2n) is 3.49. The van der Waals surface area contributed by atoms with Gasteiger partial charge in [0.1, 0.15) is 5.15 Å². The van der Waals surface area contributed by atoms with E-state index >= 15 is 0 Å². The molecule has 72 valence electrons. The number of fused-ring (bicyclic) bond motifs is 1. The maximum atomic E-state index is 6.12. The number of halogens is 2. The molecule has 1 fully saturated rings. The zero-order valence-corrected chi connectivity index (χ0v) is 10.2. The summed E-state index contributed by atoms with van der Waals surface area (Å²) in [5.74, 6) is 1.51. The molecule has 0 spiro atoms. The van der Waals surface area contributed by atoms with Crippen molar-refractivity contribution in [2.75, 3.05) is 0 Å². The number of pyridine rings is 1. The van der Waals surface area contributed by atoms with Crippen LogP contribution in [0.2, 0.25) is 5.15 Å². The van der Waals surface area contributed by atoms with Crippen LogP contribution in [0.3, 0.4) is 0 Å². The van der Waals surface area contributed by atoms with Crippen molar-refractivity contribution >= 4 is 39.8 Å². The molecule has 0 N–H and O–H groups in total. The molecular weight excluding hydrogens is 312 g/mol. The average molecular weight is 320 g/mol. The first-order chi connectivity index (χ1) is 6.75. The summed E-state index contributed by atoms with van der Waals surface area (Å²) in [6.07, 6.45) is 2.43. The monoisotopic (exact) mass is 319 g/mol. The van der Waals surface area contributed by atoms with Gasteiger partial charge in [0.2, 0.25) is 0 Å². The van der Waals surface area contributed by atoms with E-state index in [2.05, 4.69) is 32.7 Å². The summed E-state index contributed by atoms with van der Waals surface area (Å²) in [6.45, 7) is 0. The summed E-state index contributed by atoms with van der Waals surface area (Å²) >= 11 is 8.31. The fourth-order valence-electron chi connectivity index (χ4n) is 1.43. The first-order valence-electron chi connectivity index (χ1n) is 4.46. The molecule has 1 aliphatic carbocycles. The van der Waals surface area contributed by atoms with Crippen LogP contribution < -0.4 is 0 Å². The van der Waals surface area contributed by atoms with Gasteiger partial charge in [-0.25, -0.2) is 9.50 Å². The Kier molecular flexibility index (Phi) is 1.95. The Morgan fingerprint density at radius 2 is 2.21 bits per heavy atom. The first-order valence-corrected chi connectivity index (χ1v) is 5.92. The second-order valence-corrected chi connectivity index (χ2v) is 5.01. The van der Waals surface area contributed by atoms with Gasteiger partial charge in [-0.05, 0) is 47.6 Å². The molecule has 0 saturated heterocycles. The Labute approximate surface area is 99.6 Å². The lowest BCUT2D eigenvalue weighted by molar-refractivity contribution is 0.876. The maximum Gasteiger partial charge on any atom is 0.157 e. The van der Waals surface area contributed by atoms with Crippen molar-refractivity contribution in [2.24, 2.45) is 0 Å². The van der Waals surface area contributed by atoms with Crippen LogP contribution in [0.1, 0.15) is 24.6 Å². The summed E-state index contributed by atoms with van der Waals surface area (Å²) in [4.78, 5) is 4.44. The number of hydrogen-bond donors (Lipinski definition) is 0. The van der Waals surface area contributed by atoms with Gasteiger partial charge in [-0.1, -0.05) is 11.6 Å². The molecule has 5 heteroatoms. The number of nitrogens with zero attached hydrogens (tertiary/aromatic N) is 3. The Bertz CT molecular complexity index is 504. The highest BCUT2D eigenvalue weighted by molar-refractivity contribution is 14.1. The number of hydrogen-bond acceptors (Lipinski definition) is 2. The molecule has 3 nitrogen and oxygen atoms in total. The fourth-order valence-corrected chi connectivity index (χ4v) is 2.02. The van der Waals surface area contributed by atoms with E-state index in [0.717, 1.165) is 15.0 Å². The van der Waals surface area contributed by atoms with E-state index < -0.39 is 0 Å². The second kappa shape index (κ2) is 3.06. The molecule has 1 saturated carbocycles. The number of rotatable bonds is 1. The number of aromatic nitrogens is 3. The fraction of sp³-hybridized carbons (Fsp3) is 0.333. The molecule has 0 bridgehead atoms. The van der Waals surface area contributed by atoms with Gasteiger partial charge < -0.3 is 0 Å². The van der Waals surface area contributed by atoms with Crippen LogP contribution in [0, 0.1) is 3.57 Å². The summed E-state index contributed by atoms with van der Waals surface area (Å²) in [6, 6.07) is 3.91. The molecule has 0 atom stereocenters. The molecule has 1 aliphatic rings. The standard InChI is InChI=1S/C9H7ClIN3/c10-8-6(11)3-4-7-12-9(5-1-2-5)13-14(7)8/h3-5H,1-2H2. The van der Waals surface area contributed by atoms with Crippen molar-refractivity contribution in [1.29, 1.82) is 0 Å². The van der Waals surface area contributed by atoms with Crippen LogP contribution in [-0.4, -0.2) is 14.6 Å². The molecular formula is C9H7ClIN3. The molecule has 0 unspecified atom stereocenters. The zero-order valence-electron chi connectivity index (χ0n) is 7.24. The Balaban J connectivity index is 2.26. The lowest BCUT2D eigenvalue weighted by atomic mass is 10.4. The molecule has 0 aromatic carbocycles. The Morgan fingerprint density at radius 3 is 2.93 bits per heavy atom. The van der Waals surface area contributed by atoms with Gasteiger partial charge in [-0.15, -0.1) is 5.10 Å². The third-order valence-corrected chi connectivity index (χ3v) is 3.91. The smallest absolute Gasteiger partial charge is 0.157 e. The van der Waals surface area contributed by atoms with E-state index in [-0.39, 0.29) is 0 Å². The summed E-state index contributed by atoms with van der Waals surface area (Å²) < 4.78 is 2.72. The molecule has 0 amide bonds. The minimum atomic E-state index is 0.573. The molecule has 2 aromatic rings. The van der Waals surface area contributed by atoms with Gasteiger partial charge in [0.25, 0.3) is 0 Å².